The molecule has 0 saturated heterocycles. The van der Waals surface area contributed by atoms with Crippen LogP contribution in [0.3, 0.4) is 0 Å². The van der Waals surface area contributed by atoms with Crippen LogP contribution in [0.5, 0.6) is 11.5 Å². The highest BCUT2D eigenvalue weighted by Crippen LogP contribution is 2.36. The number of pyridine rings is 1. The minimum absolute atomic E-state index is 0.0930. The first kappa shape index (κ1) is 29.9. The fourth-order valence-corrected chi connectivity index (χ4v) is 5.15. The van der Waals surface area contributed by atoms with Gasteiger partial charge in [0.25, 0.3) is 11.8 Å². The van der Waals surface area contributed by atoms with Gasteiger partial charge in [-0.15, -0.1) is 0 Å². The number of carbonyl (C=O) groups excluding carboxylic acids is 2. The van der Waals surface area contributed by atoms with Crippen LogP contribution in [0.15, 0.2) is 91.0 Å². The number of halogens is 2. The molecule has 0 bridgehead atoms. The third-order valence-electron chi connectivity index (χ3n) is 6.96. The number of aromatic nitrogens is 1. The van der Waals surface area contributed by atoms with Crippen molar-refractivity contribution >= 4 is 51.6 Å². The molecule has 43 heavy (non-hydrogen) atoms. The largest absolute Gasteiger partial charge is 0.489 e. The normalized spacial score (nSPS) is 10.8. The molecule has 218 valence electrons. The lowest BCUT2D eigenvalue weighted by molar-refractivity contribution is 0.0961. The first-order valence-corrected chi connectivity index (χ1v) is 14.3. The smallest absolute Gasteiger partial charge is 0.258 e. The molecule has 0 fully saturated rings. The molecule has 1 heterocycles. The average molecular weight is 615 g/mol. The minimum atomic E-state index is -0.273. The molecular formula is C34H29Cl2N3O4. The van der Waals surface area contributed by atoms with E-state index in [0.717, 1.165) is 22.2 Å². The molecule has 0 aliphatic rings. The zero-order chi connectivity index (χ0) is 30.5. The fraction of sp³-hybridized carbons (Fsp3) is 0.147. The molecule has 1 N–H and O–H groups in total. The summed E-state index contributed by atoms with van der Waals surface area (Å²) >= 11 is 13.3. The fourth-order valence-electron chi connectivity index (χ4n) is 4.55. The van der Waals surface area contributed by atoms with Crippen LogP contribution in [-0.2, 0) is 13.2 Å². The second kappa shape index (κ2) is 13.2. The number of hydrogen-bond acceptors (Lipinski definition) is 5. The van der Waals surface area contributed by atoms with E-state index in [1.807, 2.05) is 49.4 Å². The summed E-state index contributed by atoms with van der Waals surface area (Å²) in [5.74, 6) is 0.720. The van der Waals surface area contributed by atoms with Crippen LogP contribution in [0.25, 0.3) is 10.9 Å². The van der Waals surface area contributed by atoms with Gasteiger partial charge in [0.15, 0.2) is 0 Å². The summed E-state index contributed by atoms with van der Waals surface area (Å²) in [6.45, 7) is 2.30. The third kappa shape index (κ3) is 6.74. The summed E-state index contributed by atoms with van der Waals surface area (Å²) in [6, 6.07) is 27.2. The highest BCUT2D eigenvalue weighted by Gasteiger charge is 2.20. The van der Waals surface area contributed by atoms with Crippen LogP contribution in [0, 0.1) is 6.92 Å². The number of benzene rings is 4. The van der Waals surface area contributed by atoms with E-state index >= 15 is 0 Å². The second-order valence-electron chi connectivity index (χ2n) is 9.88. The number of nitrogens with zero attached hydrogens (tertiary/aromatic N) is 2. The molecule has 0 radical (unpaired) electrons. The van der Waals surface area contributed by atoms with Crippen molar-refractivity contribution in [2.45, 2.75) is 20.1 Å². The number of hydrogen-bond donors (Lipinski definition) is 1. The summed E-state index contributed by atoms with van der Waals surface area (Å²) < 4.78 is 12.1. The van der Waals surface area contributed by atoms with Crippen molar-refractivity contribution in [3.63, 3.8) is 0 Å². The number of fused-ring (bicyclic) bond motifs is 1. The zero-order valence-corrected chi connectivity index (χ0v) is 25.4. The lowest BCUT2D eigenvalue weighted by Crippen LogP contribution is -2.26. The van der Waals surface area contributed by atoms with Crippen LogP contribution in [0.2, 0.25) is 10.0 Å². The topological polar surface area (TPSA) is 80.8 Å². The molecular weight excluding hydrogens is 585 g/mol. The molecule has 2 amide bonds. The van der Waals surface area contributed by atoms with Gasteiger partial charge in [0.2, 0.25) is 0 Å². The van der Waals surface area contributed by atoms with E-state index in [1.54, 1.807) is 62.6 Å². The molecule has 5 aromatic rings. The van der Waals surface area contributed by atoms with Gasteiger partial charge in [-0.2, -0.15) is 0 Å². The Balaban J connectivity index is 1.30. The lowest BCUT2D eigenvalue weighted by Gasteiger charge is -2.21. The van der Waals surface area contributed by atoms with Gasteiger partial charge < -0.3 is 19.7 Å². The summed E-state index contributed by atoms with van der Waals surface area (Å²) in [6.07, 6.45) is 0. The minimum Gasteiger partial charge on any atom is -0.489 e. The number of carbonyl (C=O) groups is 2. The SMILES string of the molecule is CNC(=O)c1ccc(COc2cccc(C(=O)N(C)c3ccc(Cl)c(COc4cccc5ccc(C)nc45)c3Cl)c2)cc1. The van der Waals surface area contributed by atoms with Gasteiger partial charge in [-0.25, -0.2) is 4.98 Å². The maximum atomic E-state index is 13.5. The predicted molar refractivity (Wildman–Crippen MR) is 171 cm³/mol. The van der Waals surface area contributed by atoms with Crippen molar-refractivity contribution in [2.75, 3.05) is 19.0 Å². The van der Waals surface area contributed by atoms with Crippen molar-refractivity contribution in [3.05, 3.63) is 129 Å². The van der Waals surface area contributed by atoms with Gasteiger partial charge >= 0.3 is 0 Å². The van der Waals surface area contributed by atoms with Crippen molar-refractivity contribution in [1.29, 1.82) is 0 Å². The van der Waals surface area contributed by atoms with E-state index < -0.39 is 0 Å². The molecule has 9 heteroatoms. The molecule has 0 saturated carbocycles. The molecule has 5 rings (SSSR count). The van der Waals surface area contributed by atoms with Crippen LogP contribution >= 0.6 is 23.2 Å². The summed E-state index contributed by atoms with van der Waals surface area (Å²) in [7, 11) is 3.24. The summed E-state index contributed by atoms with van der Waals surface area (Å²) in [5, 5.41) is 4.31. The van der Waals surface area contributed by atoms with Gasteiger partial charge in [0.05, 0.1) is 10.7 Å². The summed E-state index contributed by atoms with van der Waals surface area (Å²) in [5.41, 5.74) is 4.57. The average Bonchev–Trinajstić information content (AvgIpc) is 3.03. The number of nitrogens with one attached hydrogen (secondary N) is 1. The molecule has 7 nitrogen and oxygen atoms in total. The number of anilines is 1. The van der Waals surface area contributed by atoms with Crippen molar-refractivity contribution in [2.24, 2.45) is 0 Å². The maximum Gasteiger partial charge on any atom is 0.258 e. The van der Waals surface area contributed by atoms with E-state index in [4.69, 9.17) is 32.7 Å². The van der Waals surface area contributed by atoms with E-state index in [9.17, 15) is 9.59 Å². The maximum absolute atomic E-state index is 13.5. The van der Waals surface area contributed by atoms with E-state index in [1.165, 1.54) is 4.90 Å². The predicted octanol–water partition coefficient (Wildman–Crippen LogP) is 7.64. The van der Waals surface area contributed by atoms with E-state index in [2.05, 4.69) is 10.3 Å². The molecule has 0 aliphatic heterocycles. The van der Waals surface area contributed by atoms with Crippen molar-refractivity contribution in [3.8, 4) is 11.5 Å². The number of para-hydroxylation sites is 1. The highest BCUT2D eigenvalue weighted by atomic mass is 35.5. The Kier molecular flexibility index (Phi) is 9.14. The number of rotatable bonds is 9. The highest BCUT2D eigenvalue weighted by molar-refractivity contribution is 6.38. The van der Waals surface area contributed by atoms with Crippen LogP contribution in [-0.4, -0.2) is 30.9 Å². The van der Waals surface area contributed by atoms with Crippen LogP contribution < -0.4 is 19.7 Å². The molecule has 0 unspecified atom stereocenters. The van der Waals surface area contributed by atoms with E-state index in [-0.39, 0.29) is 25.0 Å². The standard InChI is InChI=1S/C34H29Cl2N3O4/c1-21-10-13-23-6-5-9-30(32(23)38-21)43-20-27-28(35)16-17-29(31(27)36)39(3)34(41)25-7-4-8-26(18-25)42-19-22-11-14-24(15-12-22)33(40)37-2/h4-18H,19-20H2,1-3H3,(H,37,40). The number of amides is 2. The summed E-state index contributed by atoms with van der Waals surface area (Å²) in [4.78, 5) is 31.4. The second-order valence-corrected chi connectivity index (χ2v) is 10.7. The van der Waals surface area contributed by atoms with E-state index in [0.29, 0.717) is 43.9 Å². The Morgan fingerprint density at radius 2 is 1.63 bits per heavy atom. The van der Waals surface area contributed by atoms with Crippen LogP contribution in [0.1, 0.15) is 37.5 Å². The van der Waals surface area contributed by atoms with Crippen molar-refractivity contribution < 1.29 is 19.1 Å². The first-order valence-electron chi connectivity index (χ1n) is 13.5. The molecule has 0 atom stereocenters. The molecule has 1 aromatic heterocycles. The Morgan fingerprint density at radius 3 is 2.40 bits per heavy atom. The molecule has 0 spiro atoms. The number of ether oxygens (including phenoxy) is 2. The van der Waals surface area contributed by atoms with Gasteiger partial charge in [-0.1, -0.05) is 59.6 Å². The third-order valence-corrected chi connectivity index (χ3v) is 7.73. The van der Waals surface area contributed by atoms with Crippen LogP contribution in [0.4, 0.5) is 5.69 Å². The molecule has 0 aliphatic carbocycles. The quantitative estimate of drug-likeness (QED) is 0.185. The first-order chi connectivity index (χ1) is 20.7. The monoisotopic (exact) mass is 613 g/mol. The van der Waals surface area contributed by atoms with Gasteiger partial charge in [0.1, 0.15) is 30.2 Å². The molecule has 4 aromatic carbocycles. The Bertz CT molecular complexity index is 1810. The van der Waals surface area contributed by atoms with Gasteiger partial charge in [0, 0.05) is 46.9 Å². The Morgan fingerprint density at radius 1 is 0.860 bits per heavy atom. The zero-order valence-electron chi connectivity index (χ0n) is 23.9. The van der Waals surface area contributed by atoms with Crippen molar-refractivity contribution in [1.82, 2.24) is 10.3 Å². The van der Waals surface area contributed by atoms with Gasteiger partial charge in [-0.3, -0.25) is 9.59 Å². The van der Waals surface area contributed by atoms with Gasteiger partial charge in [-0.05, 0) is 67.1 Å². The Labute approximate surface area is 260 Å². The lowest BCUT2D eigenvalue weighted by atomic mass is 10.1. The number of aryl methyl sites for hydroxylation is 1. The Hall–Kier alpha value is -4.59.